The summed E-state index contributed by atoms with van der Waals surface area (Å²) in [5, 5.41) is 6.65. The molecule has 164 valence electrons. The first kappa shape index (κ1) is 25.5. The number of benzene rings is 1. The molecule has 1 aromatic rings. The lowest BCUT2D eigenvalue weighted by molar-refractivity contribution is -0.138. The molecule has 6 nitrogen and oxygen atoms in total. The minimum Gasteiger partial charge on any atom is -0.374 e. The first-order valence-corrected chi connectivity index (χ1v) is 10.0. The first-order valence-electron chi connectivity index (χ1n) is 10.0. The summed E-state index contributed by atoms with van der Waals surface area (Å²) >= 11 is 0. The average molecular weight is 519 g/mol. The number of carbonyl (C=O) groups excluding carboxylic acids is 1. The third kappa shape index (κ3) is 7.31. The summed E-state index contributed by atoms with van der Waals surface area (Å²) in [6.45, 7) is 2.15. The van der Waals surface area contributed by atoms with Gasteiger partial charge in [-0.1, -0.05) is 18.9 Å². The summed E-state index contributed by atoms with van der Waals surface area (Å²) in [6, 6.07) is 6.61. The molecule has 1 fully saturated rings. The summed E-state index contributed by atoms with van der Waals surface area (Å²) in [6.07, 6.45) is 4.92. The van der Waals surface area contributed by atoms with Gasteiger partial charge >= 0.3 is 0 Å². The Morgan fingerprint density at radius 2 is 1.90 bits per heavy atom. The summed E-state index contributed by atoms with van der Waals surface area (Å²) in [4.78, 5) is 20.7. The number of guanidine groups is 1. The smallest absolute Gasteiger partial charge is 0.230 e. The Bertz CT molecular complexity index is 677. The van der Waals surface area contributed by atoms with Gasteiger partial charge in [-0.25, -0.2) is 4.39 Å². The van der Waals surface area contributed by atoms with E-state index in [9.17, 15) is 9.18 Å². The molecule has 0 radical (unpaired) electrons. The lowest BCUT2D eigenvalue weighted by Gasteiger charge is -2.31. The van der Waals surface area contributed by atoms with Crippen molar-refractivity contribution in [2.24, 2.45) is 10.4 Å². The monoisotopic (exact) mass is 519 g/mol. The molecule has 0 unspecified atom stereocenters. The zero-order valence-electron chi connectivity index (χ0n) is 18.0. The number of hydrogen-bond donors (Lipinski definition) is 2. The van der Waals surface area contributed by atoms with Gasteiger partial charge < -0.3 is 20.4 Å². The van der Waals surface area contributed by atoms with E-state index in [1.54, 1.807) is 18.0 Å². The lowest BCUT2D eigenvalue weighted by Crippen LogP contribution is -2.49. The van der Waals surface area contributed by atoms with Crippen molar-refractivity contribution in [3.8, 4) is 0 Å². The molecule has 1 aliphatic rings. The van der Waals surface area contributed by atoms with Gasteiger partial charge in [-0.2, -0.15) is 0 Å². The summed E-state index contributed by atoms with van der Waals surface area (Å²) in [7, 11) is 7.34. The van der Waals surface area contributed by atoms with Crippen molar-refractivity contribution < 1.29 is 9.18 Å². The predicted octanol–water partition coefficient (Wildman–Crippen LogP) is 3.08. The molecule has 0 atom stereocenters. The fourth-order valence-corrected chi connectivity index (χ4v) is 3.83. The number of rotatable bonds is 8. The van der Waals surface area contributed by atoms with E-state index < -0.39 is 0 Å². The standard InChI is InChI=1S/C21H34FN5O.HI/c1-23-20(25-16-21(11-5-6-12-21)19(28)26(2)3)24-13-8-14-27(4)18-10-7-9-17(22)15-18;/h7,9-10,15H,5-6,8,11-14,16H2,1-4H3,(H2,23,24,25);1H. The van der Waals surface area contributed by atoms with E-state index in [0.717, 1.165) is 50.9 Å². The number of hydrogen-bond acceptors (Lipinski definition) is 3. The van der Waals surface area contributed by atoms with Crippen LogP contribution in [-0.4, -0.2) is 64.6 Å². The van der Waals surface area contributed by atoms with Crippen LogP contribution in [0.4, 0.5) is 10.1 Å². The summed E-state index contributed by atoms with van der Waals surface area (Å²) in [5.41, 5.74) is 0.548. The van der Waals surface area contributed by atoms with Gasteiger partial charge in [0.25, 0.3) is 0 Å². The molecule has 0 spiro atoms. The Balaban J connectivity index is 0.00000420. The van der Waals surface area contributed by atoms with Crippen molar-refractivity contribution in [2.75, 3.05) is 52.7 Å². The molecule has 1 aliphatic carbocycles. The fourth-order valence-electron chi connectivity index (χ4n) is 3.83. The van der Waals surface area contributed by atoms with Crippen LogP contribution in [0.15, 0.2) is 29.3 Å². The molecule has 0 heterocycles. The quantitative estimate of drug-likeness (QED) is 0.240. The van der Waals surface area contributed by atoms with Crippen LogP contribution >= 0.6 is 24.0 Å². The second-order valence-electron chi connectivity index (χ2n) is 7.79. The highest BCUT2D eigenvalue weighted by atomic mass is 127. The Morgan fingerprint density at radius 3 is 2.48 bits per heavy atom. The molecule has 8 heteroatoms. The van der Waals surface area contributed by atoms with Gasteiger partial charge in [-0.3, -0.25) is 9.79 Å². The van der Waals surface area contributed by atoms with Crippen LogP contribution in [0.2, 0.25) is 0 Å². The Labute approximate surface area is 191 Å². The van der Waals surface area contributed by atoms with E-state index in [1.165, 1.54) is 12.1 Å². The molecular weight excluding hydrogens is 484 g/mol. The number of nitrogens with one attached hydrogen (secondary N) is 2. The van der Waals surface area contributed by atoms with Crippen LogP contribution in [-0.2, 0) is 4.79 Å². The number of halogens is 2. The molecule has 1 aromatic carbocycles. The Hall–Kier alpha value is -1.58. The van der Waals surface area contributed by atoms with E-state index >= 15 is 0 Å². The minimum absolute atomic E-state index is 0. The van der Waals surface area contributed by atoms with Gasteiger partial charge in [-0.05, 0) is 37.5 Å². The van der Waals surface area contributed by atoms with Crippen LogP contribution in [0.1, 0.15) is 32.1 Å². The normalized spacial score (nSPS) is 15.4. The third-order valence-corrected chi connectivity index (χ3v) is 5.45. The molecule has 2 N–H and O–H groups in total. The maximum Gasteiger partial charge on any atom is 0.230 e. The maximum atomic E-state index is 13.3. The van der Waals surface area contributed by atoms with Crippen molar-refractivity contribution in [3.63, 3.8) is 0 Å². The maximum absolute atomic E-state index is 13.3. The molecule has 1 amide bonds. The van der Waals surface area contributed by atoms with Crippen LogP contribution in [0.3, 0.4) is 0 Å². The largest absolute Gasteiger partial charge is 0.374 e. The van der Waals surface area contributed by atoms with Crippen molar-refractivity contribution in [1.29, 1.82) is 0 Å². The van der Waals surface area contributed by atoms with E-state index in [2.05, 4.69) is 15.6 Å². The number of carbonyl (C=O) groups is 1. The lowest BCUT2D eigenvalue weighted by atomic mass is 9.84. The molecule has 1 saturated carbocycles. The highest BCUT2D eigenvalue weighted by molar-refractivity contribution is 14.0. The number of aliphatic imine (C=N–C) groups is 1. The average Bonchev–Trinajstić information content (AvgIpc) is 3.16. The van der Waals surface area contributed by atoms with E-state index in [0.29, 0.717) is 12.5 Å². The van der Waals surface area contributed by atoms with Gasteiger partial charge in [0.1, 0.15) is 5.82 Å². The highest BCUT2D eigenvalue weighted by Gasteiger charge is 2.42. The van der Waals surface area contributed by atoms with Gasteiger partial charge in [0.2, 0.25) is 5.91 Å². The molecule has 0 bridgehead atoms. The van der Waals surface area contributed by atoms with Gasteiger partial charge in [0.15, 0.2) is 5.96 Å². The van der Waals surface area contributed by atoms with Crippen LogP contribution < -0.4 is 15.5 Å². The van der Waals surface area contributed by atoms with Crippen molar-refractivity contribution >= 4 is 41.5 Å². The Kier molecular flexibility index (Phi) is 10.7. The van der Waals surface area contributed by atoms with Crippen LogP contribution in [0, 0.1) is 11.2 Å². The molecule has 2 rings (SSSR count). The fraction of sp³-hybridized carbons (Fsp3) is 0.619. The van der Waals surface area contributed by atoms with Gasteiger partial charge in [0.05, 0.1) is 5.41 Å². The van der Waals surface area contributed by atoms with E-state index in [-0.39, 0.29) is 41.1 Å². The topological polar surface area (TPSA) is 60.0 Å². The number of amides is 1. The third-order valence-electron chi connectivity index (χ3n) is 5.45. The van der Waals surface area contributed by atoms with Crippen LogP contribution in [0.5, 0.6) is 0 Å². The summed E-state index contributed by atoms with van der Waals surface area (Å²) < 4.78 is 13.3. The molecule has 0 aromatic heterocycles. The van der Waals surface area contributed by atoms with E-state index in [1.807, 2.05) is 32.1 Å². The predicted molar refractivity (Wildman–Crippen MR) is 129 cm³/mol. The molecular formula is C21H35FIN5O. The number of nitrogens with zero attached hydrogens (tertiary/aromatic N) is 3. The first-order chi connectivity index (χ1) is 13.4. The highest BCUT2D eigenvalue weighted by Crippen LogP contribution is 2.38. The minimum atomic E-state index is -0.321. The molecule has 0 aliphatic heterocycles. The zero-order chi connectivity index (χ0) is 20.6. The van der Waals surface area contributed by atoms with E-state index in [4.69, 9.17) is 0 Å². The SMILES string of the molecule is CN=C(NCCCN(C)c1cccc(F)c1)NCC1(C(=O)N(C)C)CCCC1.I. The van der Waals surface area contributed by atoms with Crippen molar-refractivity contribution in [2.45, 2.75) is 32.1 Å². The second-order valence-corrected chi connectivity index (χ2v) is 7.79. The number of anilines is 1. The van der Waals surface area contributed by atoms with Crippen LogP contribution in [0.25, 0.3) is 0 Å². The van der Waals surface area contributed by atoms with Gasteiger partial charge in [0, 0.05) is 53.5 Å². The Morgan fingerprint density at radius 1 is 1.21 bits per heavy atom. The van der Waals surface area contributed by atoms with Crippen molar-refractivity contribution in [3.05, 3.63) is 30.1 Å². The van der Waals surface area contributed by atoms with Gasteiger partial charge in [-0.15, -0.1) is 24.0 Å². The summed E-state index contributed by atoms with van der Waals surface area (Å²) in [5.74, 6) is 0.691. The second kappa shape index (κ2) is 12.2. The molecule has 0 saturated heterocycles. The molecule has 29 heavy (non-hydrogen) atoms. The zero-order valence-corrected chi connectivity index (χ0v) is 20.3. The van der Waals surface area contributed by atoms with Crippen molar-refractivity contribution in [1.82, 2.24) is 15.5 Å².